The van der Waals surface area contributed by atoms with Crippen LogP contribution in [0.3, 0.4) is 0 Å². The van der Waals surface area contributed by atoms with Crippen LogP contribution in [0.5, 0.6) is 0 Å². The lowest BCUT2D eigenvalue weighted by Crippen LogP contribution is -2.32. The summed E-state index contributed by atoms with van der Waals surface area (Å²) in [6.07, 6.45) is 3.32. The van der Waals surface area contributed by atoms with Gasteiger partial charge in [0.25, 0.3) is 0 Å². The van der Waals surface area contributed by atoms with Crippen LogP contribution in [0.25, 0.3) is 0 Å². The fourth-order valence-corrected chi connectivity index (χ4v) is 4.49. The molecule has 0 saturated heterocycles. The van der Waals surface area contributed by atoms with Gasteiger partial charge in [-0.3, -0.25) is 9.79 Å². The van der Waals surface area contributed by atoms with Crippen LogP contribution in [0.15, 0.2) is 29.3 Å². The van der Waals surface area contributed by atoms with E-state index in [0.29, 0.717) is 5.75 Å². The molecule has 1 aromatic rings. The first kappa shape index (κ1) is 14.0. The molecule has 3 rings (SSSR count). The fraction of sp³-hybridized carbons (Fsp3) is 0.467. The van der Waals surface area contributed by atoms with Crippen LogP contribution in [0.4, 0.5) is 0 Å². The molecule has 0 spiro atoms. The molecule has 0 unspecified atom stereocenters. The lowest BCUT2D eigenvalue weighted by molar-refractivity contribution is -0.119. The van der Waals surface area contributed by atoms with Gasteiger partial charge < -0.3 is 5.32 Å². The van der Waals surface area contributed by atoms with Crippen molar-refractivity contribution in [3.05, 3.63) is 35.4 Å². The molecule has 20 heavy (non-hydrogen) atoms. The Kier molecular flexibility index (Phi) is 4.68. The smallest absolute Gasteiger partial charge is 0.230 e. The molecule has 3 nitrogen and oxygen atoms in total. The minimum atomic E-state index is 0.118. The van der Waals surface area contributed by atoms with Crippen molar-refractivity contribution >= 4 is 33.8 Å². The monoisotopic (exact) mass is 306 g/mol. The van der Waals surface area contributed by atoms with Gasteiger partial charge in [0.2, 0.25) is 5.91 Å². The third-order valence-corrected chi connectivity index (χ3v) is 5.84. The van der Waals surface area contributed by atoms with Crippen LogP contribution in [0.2, 0.25) is 0 Å². The van der Waals surface area contributed by atoms with E-state index in [0.717, 1.165) is 35.9 Å². The summed E-state index contributed by atoms with van der Waals surface area (Å²) in [7, 11) is 0. The van der Waals surface area contributed by atoms with Gasteiger partial charge in [0.15, 0.2) is 0 Å². The van der Waals surface area contributed by atoms with Gasteiger partial charge in [0.05, 0.1) is 18.3 Å². The molecule has 0 saturated carbocycles. The van der Waals surface area contributed by atoms with Crippen molar-refractivity contribution in [3.63, 3.8) is 0 Å². The summed E-state index contributed by atoms with van der Waals surface area (Å²) in [5.74, 6) is 1.65. The van der Waals surface area contributed by atoms with Gasteiger partial charge in [0, 0.05) is 5.75 Å². The first-order chi connectivity index (χ1) is 9.83. The van der Waals surface area contributed by atoms with Crippen molar-refractivity contribution in [2.75, 3.05) is 18.1 Å². The third-order valence-electron chi connectivity index (χ3n) is 3.59. The minimum absolute atomic E-state index is 0.118. The van der Waals surface area contributed by atoms with Gasteiger partial charge in [-0.15, -0.1) is 0 Å². The molecule has 0 radical (unpaired) electrons. The summed E-state index contributed by atoms with van der Waals surface area (Å²) in [4.78, 5) is 16.4. The molecule has 1 atom stereocenters. The lowest BCUT2D eigenvalue weighted by Gasteiger charge is -2.26. The van der Waals surface area contributed by atoms with Gasteiger partial charge >= 0.3 is 0 Å². The second-order valence-corrected chi connectivity index (χ2v) is 7.30. The maximum atomic E-state index is 12.1. The summed E-state index contributed by atoms with van der Waals surface area (Å²) < 4.78 is 1.06. The van der Waals surface area contributed by atoms with Gasteiger partial charge in [-0.2, -0.15) is 0 Å². The summed E-state index contributed by atoms with van der Waals surface area (Å²) >= 11 is 3.31. The van der Waals surface area contributed by atoms with Crippen LogP contribution < -0.4 is 5.32 Å². The first-order valence-electron chi connectivity index (χ1n) is 7.00. The van der Waals surface area contributed by atoms with Gasteiger partial charge in [-0.25, -0.2) is 0 Å². The fourth-order valence-electron chi connectivity index (χ4n) is 2.67. The van der Waals surface area contributed by atoms with Crippen molar-refractivity contribution in [2.24, 2.45) is 4.99 Å². The number of amides is 1. The largest absolute Gasteiger partial charge is 0.349 e. The molecule has 0 bridgehead atoms. The Morgan fingerprint density at radius 2 is 2.35 bits per heavy atom. The topological polar surface area (TPSA) is 41.5 Å². The molecule has 1 aliphatic carbocycles. The Balaban J connectivity index is 1.56. The van der Waals surface area contributed by atoms with Crippen molar-refractivity contribution < 1.29 is 4.79 Å². The second-order valence-electron chi connectivity index (χ2n) is 5.00. The van der Waals surface area contributed by atoms with E-state index in [1.807, 2.05) is 0 Å². The van der Waals surface area contributed by atoms with E-state index < -0.39 is 0 Å². The van der Waals surface area contributed by atoms with Crippen molar-refractivity contribution in [3.8, 4) is 0 Å². The Morgan fingerprint density at radius 1 is 1.45 bits per heavy atom. The number of nitrogens with one attached hydrogen (secondary N) is 1. The minimum Gasteiger partial charge on any atom is -0.349 e. The van der Waals surface area contributed by atoms with Crippen molar-refractivity contribution in [1.82, 2.24) is 5.32 Å². The molecule has 2 aliphatic rings. The van der Waals surface area contributed by atoms with E-state index in [2.05, 4.69) is 34.6 Å². The Labute approximate surface area is 128 Å². The second kappa shape index (κ2) is 6.68. The number of carbonyl (C=O) groups excluding carboxylic acids is 1. The zero-order valence-corrected chi connectivity index (χ0v) is 12.9. The predicted octanol–water partition coefficient (Wildman–Crippen LogP) is 3.02. The molecular formula is C15H18N2OS2. The summed E-state index contributed by atoms with van der Waals surface area (Å²) in [6.45, 7) is 0.893. The molecule has 1 amide bonds. The van der Waals surface area contributed by atoms with Crippen LogP contribution in [0.1, 0.15) is 30.0 Å². The number of carbonyl (C=O) groups is 1. The maximum absolute atomic E-state index is 12.1. The number of benzene rings is 1. The van der Waals surface area contributed by atoms with E-state index >= 15 is 0 Å². The summed E-state index contributed by atoms with van der Waals surface area (Å²) in [6, 6.07) is 8.64. The Hall–Kier alpha value is -0.940. The van der Waals surface area contributed by atoms with Crippen molar-refractivity contribution in [1.29, 1.82) is 0 Å². The highest BCUT2D eigenvalue weighted by atomic mass is 32.2. The zero-order valence-electron chi connectivity index (χ0n) is 11.3. The third kappa shape index (κ3) is 3.38. The molecule has 0 fully saturated rings. The molecule has 1 aliphatic heterocycles. The molecule has 1 aromatic carbocycles. The summed E-state index contributed by atoms with van der Waals surface area (Å²) in [5.41, 5.74) is 2.68. The summed E-state index contributed by atoms with van der Waals surface area (Å²) in [5, 5.41) is 3.17. The molecule has 5 heteroatoms. The SMILES string of the molecule is O=C(CSC1=NCCS1)N[C@H]1CCCc2ccccc21. The van der Waals surface area contributed by atoms with E-state index in [1.54, 1.807) is 23.5 Å². The first-order valence-corrected chi connectivity index (χ1v) is 8.97. The standard InChI is InChI=1S/C15H18N2OS2/c18-14(10-20-15-16-8-9-19-15)17-13-7-3-5-11-4-1-2-6-12(11)13/h1-2,4,6,13H,3,5,7-10H2,(H,17,18)/t13-/m0/s1. The van der Waals surface area contributed by atoms with Gasteiger partial charge in [0.1, 0.15) is 4.38 Å². The van der Waals surface area contributed by atoms with E-state index in [9.17, 15) is 4.79 Å². The highest BCUT2D eigenvalue weighted by Gasteiger charge is 2.21. The number of fused-ring (bicyclic) bond motifs is 1. The number of nitrogens with zero attached hydrogens (tertiary/aromatic N) is 1. The highest BCUT2D eigenvalue weighted by Crippen LogP contribution is 2.29. The van der Waals surface area contributed by atoms with Gasteiger partial charge in [-0.1, -0.05) is 47.8 Å². The number of aryl methyl sites for hydroxylation is 1. The van der Waals surface area contributed by atoms with Gasteiger partial charge in [-0.05, 0) is 30.4 Å². The van der Waals surface area contributed by atoms with Crippen LogP contribution in [-0.2, 0) is 11.2 Å². The lowest BCUT2D eigenvalue weighted by atomic mass is 9.88. The molecule has 106 valence electrons. The predicted molar refractivity (Wildman–Crippen MR) is 87.5 cm³/mol. The number of thioether (sulfide) groups is 2. The van der Waals surface area contributed by atoms with E-state index in [1.165, 1.54) is 11.1 Å². The highest BCUT2D eigenvalue weighted by molar-refractivity contribution is 8.39. The van der Waals surface area contributed by atoms with Crippen LogP contribution >= 0.6 is 23.5 Å². The average molecular weight is 306 g/mol. The van der Waals surface area contributed by atoms with Crippen LogP contribution in [0, 0.1) is 0 Å². The van der Waals surface area contributed by atoms with E-state index in [-0.39, 0.29) is 11.9 Å². The molecule has 1 heterocycles. The van der Waals surface area contributed by atoms with Crippen molar-refractivity contribution in [2.45, 2.75) is 25.3 Å². The number of rotatable bonds is 3. The molecule has 0 aromatic heterocycles. The van der Waals surface area contributed by atoms with Crippen LogP contribution in [-0.4, -0.2) is 28.3 Å². The zero-order chi connectivity index (χ0) is 13.8. The van der Waals surface area contributed by atoms with E-state index in [4.69, 9.17) is 0 Å². The quantitative estimate of drug-likeness (QED) is 0.933. The normalized spacial score (nSPS) is 21.2. The number of hydrogen-bond acceptors (Lipinski definition) is 4. The molecular weight excluding hydrogens is 288 g/mol. The number of hydrogen-bond donors (Lipinski definition) is 1. The average Bonchev–Trinajstić information content (AvgIpc) is 2.99. The molecule has 1 N–H and O–H groups in total. The Morgan fingerprint density at radius 3 is 3.20 bits per heavy atom. The maximum Gasteiger partial charge on any atom is 0.230 e. The Bertz CT molecular complexity index is 530. The number of aliphatic imine (C=N–C) groups is 1.